The van der Waals surface area contributed by atoms with Crippen LogP contribution in [0, 0.1) is 13.8 Å². The second-order valence-electron chi connectivity index (χ2n) is 6.91. The van der Waals surface area contributed by atoms with Crippen molar-refractivity contribution >= 4 is 28.7 Å². The first-order valence-corrected chi connectivity index (χ1v) is 9.64. The molecule has 1 aromatic heterocycles. The topological polar surface area (TPSA) is 37.4 Å². The zero-order chi connectivity index (χ0) is 17.6. The van der Waals surface area contributed by atoms with Crippen LogP contribution in [0.15, 0.2) is 47.0 Å². The third kappa shape index (κ3) is 2.74. The van der Waals surface area contributed by atoms with E-state index >= 15 is 0 Å². The average Bonchev–Trinajstić information content (AvgIpc) is 3.11. The van der Waals surface area contributed by atoms with Crippen molar-refractivity contribution in [1.82, 2.24) is 0 Å². The van der Waals surface area contributed by atoms with Gasteiger partial charge in [-0.25, -0.2) is 0 Å². The summed E-state index contributed by atoms with van der Waals surface area (Å²) in [4.78, 5) is 28.7. The molecule has 25 heavy (non-hydrogen) atoms. The molecule has 4 rings (SSSR count). The molecule has 1 aromatic carbocycles. The van der Waals surface area contributed by atoms with Gasteiger partial charge in [-0.3, -0.25) is 14.5 Å². The van der Waals surface area contributed by atoms with Crippen LogP contribution in [0.4, 0.5) is 5.69 Å². The third-order valence-corrected chi connectivity index (χ3v) is 6.30. The third-order valence-electron chi connectivity index (χ3n) is 5.31. The lowest BCUT2D eigenvalue weighted by atomic mass is 9.79. The predicted octanol–water partition coefficient (Wildman–Crippen LogP) is 4.89. The predicted molar refractivity (Wildman–Crippen MR) is 101 cm³/mol. The number of nitrogens with zero attached hydrogens (tertiary/aromatic N) is 1. The van der Waals surface area contributed by atoms with E-state index in [0.29, 0.717) is 12.8 Å². The highest BCUT2D eigenvalue weighted by Gasteiger charge is 2.40. The number of anilines is 1. The van der Waals surface area contributed by atoms with Crippen LogP contribution in [0.3, 0.4) is 0 Å². The summed E-state index contributed by atoms with van der Waals surface area (Å²) >= 11 is 1.63. The minimum atomic E-state index is -0.0712. The molecule has 0 fully saturated rings. The first-order chi connectivity index (χ1) is 12.1. The molecule has 2 aliphatic rings. The lowest BCUT2D eigenvalue weighted by molar-refractivity contribution is -0.119. The summed E-state index contributed by atoms with van der Waals surface area (Å²) in [7, 11) is 0. The van der Waals surface area contributed by atoms with E-state index in [1.54, 1.807) is 11.3 Å². The van der Waals surface area contributed by atoms with E-state index in [0.717, 1.165) is 40.2 Å². The van der Waals surface area contributed by atoms with Crippen LogP contribution in [-0.4, -0.2) is 11.7 Å². The highest BCUT2D eigenvalue weighted by molar-refractivity contribution is 7.10. The van der Waals surface area contributed by atoms with Crippen molar-refractivity contribution in [2.24, 2.45) is 0 Å². The quantitative estimate of drug-likeness (QED) is 0.772. The summed E-state index contributed by atoms with van der Waals surface area (Å²) < 4.78 is 0. The number of amides is 1. The van der Waals surface area contributed by atoms with Crippen molar-refractivity contribution in [2.75, 3.05) is 4.90 Å². The van der Waals surface area contributed by atoms with E-state index in [2.05, 4.69) is 19.9 Å². The van der Waals surface area contributed by atoms with Gasteiger partial charge in [0.15, 0.2) is 5.78 Å². The van der Waals surface area contributed by atoms with Gasteiger partial charge < -0.3 is 0 Å². The monoisotopic (exact) mass is 351 g/mol. The molecule has 128 valence electrons. The van der Waals surface area contributed by atoms with Gasteiger partial charge in [0, 0.05) is 40.6 Å². The van der Waals surface area contributed by atoms with E-state index in [4.69, 9.17) is 0 Å². The number of carbonyl (C=O) groups excluding carboxylic acids is 2. The SMILES string of the molecule is Cc1ccc(N2C(=O)CC(c3cccs3)C3=C2CCCC3=O)cc1C. The highest BCUT2D eigenvalue weighted by atomic mass is 32.1. The van der Waals surface area contributed by atoms with Gasteiger partial charge in [-0.2, -0.15) is 0 Å². The first-order valence-electron chi connectivity index (χ1n) is 8.76. The fraction of sp³-hybridized carbons (Fsp3) is 0.333. The number of hydrogen-bond acceptors (Lipinski definition) is 3. The van der Waals surface area contributed by atoms with Crippen molar-refractivity contribution in [3.8, 4) is 0 Å². The van der Waals surface area contributed by atoms with Gasteiger partial charge >= 0.3 is 0 Å². The Labute approximate surface area is 152 Å². The average molecular weight is 351 g/mol. The van der Waals surface area contributed by atoms with Crippen LogP contribution in [0.1, 0.15) is 47.6 Å². The van der Waals surface area contributed by atoms with E-state index < -0.39 is 0 Å². The van der Waals surface area contributed by atoms with Crippen LogP contribution in [0.25, 0.3) is 0 Å². The molecule has 0 bridgehead atoms. The second-order valence-corrected chi connectivity index (χ2v) is 7.89. The molecule has 0 saturated heterocycles. The molecule has 1 aliphatic heterocycles. The van der Waals surface area contributed by atoms with Crippen LogP contribution in [0.2, 0.25) is 0 Å². The Balaban J connectivity index is 1.86. The van der Waals surface area contributed by atoms with Crippen LogP contribution >= 0.6 is 11.3 Å². The number of thiophene rings is 1. The van der Waals surface area contributed by atoms with Gasteiger partial charge in [0.1, 0.15) is 0 Å². The number of benzene rings is 1. The Morgan fingerprint density at radius 3 is 2.64 bits per heavy atom. The largest absolute Gasteiger partial charge is 0.294 e. The Morgan fingerprint density at radius 2 is 1.92 bits per heavy atom. The van der Waals surface area contributed by atoms with E-state index in [1.165, 1.54) is 5.56 Å². The number of rotatable bonds is 2. The van der Waals surface area contributed by atoms with Gasteiger partial charge in [0.2, 0.25) is 5.91 Å². The number of allylic oxidation sites excluding steroid dienone is 2. The maximum atomic E-state index is 13.0. The minimum absolute atomic E-state index is 0.0712. The Morgan fingerprint density at radius 1 is 1.08 bits per heavy atom. The molecule has 2 heterocycles. The maximum absolute atomic E-state index is 13.0. The fourth-order valence-electron chi connectivity index (χ4n) is 3.89. The molecule has 0 saturated carbocycles. The van der Waals surface area contributed by atoms with Crippen molar-refractivity contribution in [1.29, 1.82) is 0 Å². The molecule has 2 aromatic rings. The van der Waals surface area contributed by atoms with Crippen molar-refractivity contribution < 1.29 is 9.59 Å². The van der Waals surface area contributed by atoms with Crippen molar-refractivity contribution in [2.45, 2.75) is 45.4 Å². The number of hydrogen-bond donors (Lipinski definition) is 0. The lowest BCUT2D eigenvalue weighted by Crippen LogP contribution is -2.40. The van der Waals surface area contributed by atoms with E-state index in [-0.39, 0.29) is 17.6 Å². The second kappa shape index (κ2) is 6.26. The van der Waals surface area contributed by atoms with Crippen molar-refractivity contribution in [3.05, 3.63) is 63.0 Å². The molecule has 1 aliphatic carbocycles. The zero-order valence-electron chi connectivity index (χ0n) is 14.5. The summed E-state index contributed by atoms with van der Waals surface area (Å²) in [6.45, 7) is 4.13. The molecule has 1 amide bonds. The standard InChI is InChI=1S/C21H21NO2S/c1-13-8-9-15(11-14(13)2)22-17-5-3-6-18(23)21(17)16(12-20(22)24)19-7-4-10-25-19/h4,7-11,16H,3,5-6,12H2,1-2H3. The van der Waals surface area contributed by atoms with E-state index in [1.807, 2.05) is 34.5 Å². The lowest BCUT2D eigenvalue weighted by Gasteiger charge is -2.38. The normalized spacial score (nSPS) is 20.9. The molecule has 3 nitrogen and oxygen atoms in total. The number of carbonyl (C=O) groups is 2. The van der Waals surface area contributed by atoms with Gasteiger partial charge in [0.25, 0.3) is 0 Å². The molecule has 0 spiro atoms. The van der Waals surface area contributed by atoms with Gasteiger partial charge in [-0.05, 0) is 61.4 Å². The molecule has 0 radical (unpaired) electrons. The fourth-order valence-corrected chi connectivity index (χ4v) is 4.73. The van der Waals surface area contributed by atoms with Crippen LogP contribution in [-0.2, 0) is 9.59 Å². The number of Topliss-reactive ketones (excluding diaryl/α,β-unsaturated/α-hetero) is 1. The Kier molecular flexibility index (Phi) is 4.08. The van der Waals surface area contributed by atoms with E-state index in [9.17, 15) is 9.59 Å². The summed E-state index contributed by atoms with van der Waals surface area (Å²) in [5.74, 6) is 0.231. The number of aryl methyl sites for hydroxylation is 2. The summed E-state index contributed by atoms with van der Waals surface area (Å²) in [6.07, 6.45) is 2.58. The van der Waals surface area contributed by atoms with Crippen LogP contribution < -0.4 is 4.90 Å². The first kappa shape index (κ1) is 16.3. The summed E-state index contributed by atoms with van der Waals surface area (Å²) in [5.41, 5.74) is 5.05. The van der Waals surface area contributed by atoms with Gasteiger partial charge in [-0.1, -0.05) is 12.1 Å². The molecule has 1 atom stereocenters. The molecule has 1 unspecified atom stereocenters. The molecule has 4 heteroatoms. The smallest absolute Gasteiger partial charge is 0.232 e. The number of ketones is 1. The van der Waals surface area contributed by atoms with Gasteiger partial charge in [0.05, 0.1) is 0 Å². The molecular weight excluding hydrogens is 330 g/mol. The summed E-state index contributed by atoms with van der Waals surface area (Å²) in [5, 5.41) is 2.02. The van der Waals surface area contributed by atoms with Gasteiger partial charge in [-0.15, -0.1) is 11.3 Å². The minimum Gasteiger partial charge on any atom is -0.294 e. The Bertz CT molecular complexity index is 879. The Hall–Kier alpha value is -2.20. The van der Waals surface area contributed by atoms with Crippen LogP contribution in [0.5, 0.6) is 0 Å². The maximum Gasteiger partial charge on any atom is 0.232 e. The van der Waals surface area contributed by atoms with Crippen molar-refractivity contribution in [3.63, 3.8) is 0 Å². The summed E-state index contributed by atoms with van der Waals surface area (Å²) in [6, 6.07) is 10.1. The molecular formula is C21H21NO2S. The highest BCUT2D eigenvalue weighted by Crippen LogP contribution is 2.44. The zero-order valence-corrected chi connectivity index (χ0v) is 15.4. The molecule has 0 N–H and O–H groups in total.